The summed E-state index contributed by atoms with van der Waals surface area (Å²) in [5.41, 5.74) is 5.77. The lowest BCUT2D eigenvalue weighted by Crippen LogP contribution is -2.41. The third-order valence-corrected chi connectivity index (χ3v) is 5.71. The Bertz CT molecular complexity index is 913. The van der Waals surface area contributed by atoms with Gasteiger partial charge in [-0.1, -0.05) is 24.3 Å². The number of likely N-dealkylation sites (tertiary alicyclic amines) is 1. The molecule has 26 heavy (non-hydrogen) atoms. The summed E-state index contributed by atoms with van der Waals surface area (Å²) in [6.45, 7) is 6.15. The highest BCUT2D eigenvalue weighted by molar-refractivity contribution is 7.80. The summed E-state index contributed by atoms with van der Waals surface area (Å²) in [4.78, 5) is 10.6. The maximum absolute atomic E-state index is 5.71. The van der Waals surface area contributed by atoms with Crippen LogP contribution in [0.5, 0.6) is 0 Å². The Morgan fingerprint density at radius 3 is 2.88 bits per heavy atom. The number of fused-ring (bicyclic) bond motifs is 1. The van der Waals surface area contributed by atoms with Gasteiger partial charge in [-0.2, -0.15) is 0 Å². The van der Waals surface area contributed by atoms with Gasteiger partial charge in [0.1, 0.15) is 5.82 Å². The third-order valence-electron chi connectivity index (χ3n) is 5.35. The standard InChI is InChI=1S/C21H24N4S/c1-14-7-5-11-17(15(14)2)24-21(26)25-12-6-8-16(13-25)20-22-18-9-3-4-10-19(18)23-20/h3-5,7,9-11,16H,6,8,12-13H2,1-2H3,(H,22,23)(H,24,26)/t16-/m0/s1. The van der Waals surface area contributed by atoms with Crippen LogP contribution >= 0.6 is 12.2 Å². The van der Waals surface area contributed by atoms with Crippen molar-refractivity contribution in [2.24, 2.45) is 0 Å². The average Bonchev–Trinajstić information content (AvgIpc) is 3.10. The van der Waals surface area contributed by atoms with E-state index < -0.39 is 0 Å². The molecular formula is C21H24N4S. The van der Waals surface area contributed by atoms with Gasteiger partial charge in [0.15, 0.2) is 5.11 Å². The first-order valence-electron chi connectivity index (χ1n) is 9.18. The summed E-state index contributed by atoms with van der Waals surface area (Å²) in [5.74, 6) is 1.46. The molecular weight excluding hydrogens is 340 g/mol. The van der Waals surface area contributed by atoms with E-state index in [1.54, 1.807) is 0 Å². The number of rotatable bonds is 2. The number of hydrogen-bond donors (Lipinski definition) is 2. The molecule has 2 N–H and O–H groups in total. The minimum absolute atomic E-state index is 0.384. The van der Waals surface area contributed by atoms with Crippen molar-refractivity contribution in [2.45, 2.75) is 32.6 Å². The van der Waals surface area contributed by atoms with E-state index in [4.69, 9.17) is 17.2 Å². The molecule has 1 saturated heterocycles. The molecule has 4 nitrogen and oxygen atoms in total. The molecule has 5 heteroatoms. The topological polar surface area (TPSA) is 44.0 Å². The number of anilines is 1. The number of piperidine rings is 1. The molecule has 0 saturated carbocycles. The van der Waals surface area contributed by atoms with Gasteiger partial charge in [0.05, 0.1) is 11.0 Å². The fourth-order valence-corrected chi connectivity index (χ4v) is 3.91. The molecule has 0 unspecified atom stereocenters. The molecule has 0 aliphatic carbocycles. The molecule has 0 spiro atoms. The fraction of sp³-hybridized carbons (Fsp3) is 0.333. The van der Waals surface area contributed by atoms with Crippen LogP contribution in [0.3, 0.4) is 0 Å². The summed E-state index contributed by atoms with van der Waals surface area (Å²) in [6.07, 6.45) is 2.26. The number of aromatic amines is 1. The van der Waals surface area contributed by atoms with Gasteiger partial charge in [0.25, 0.3) is 0 Å². The Hall–Kier alpha value is -2.40. The van der Waals surface area contributed by atoms with E-state index in [1.165, 1.54) is 11.1 Å². The van der Waals surface area contributed by atoms with Gasteiger partial charge < -0.3 is 15.2 Å². The van der Waals surface area contributed by atoms with Gasteiger partial charge in [-0.25, -0.2) is 4.98 Å². The monoisotopic (exact) mass is 364 g/mol. The van der Waals surface area contributed by atoms with Crippen molar-refractivity contribution in [2.75, 3.05) is 18.4 Å². The van der Waals surface area contributed by atoms with Gasteiger partial charge in [-0.05, 0) is 68.2 Å². The third kappa shape index (κ3) is 3.31. The second-order valence-electron chi connectivity index (χ2n) is 7.10. The average molecular weight is 365 g/mol. The van der Waals surface area contributed by atoms with E-state index in [0.29, 0.717) is 5.92 Å². The number of imidazole rings is 1. The predicted octanol–water partition coefficient (Wildman–Crippen LogP) is 4.76. The number of thiocarbonyl (C=S) groups is 1. The van der Waals surface area contributed by atoms with Crippen LogP contribution in [0, 0.1) is 13.8 Å². The molecule has 1 aromatic heterocycles. The molecule has 1 aliphatic heterocycles. The maximum Gasteiger partial charge on any atom is 0.173 e. The van der Waals surface area contributed by atoms with E-state index in [2.05, 4.69) is 59.4 Å². The Kier molecular flexibility index (Phi) is 4.64. The molecule has 1 aliphatic rings. The van der Waals surface area contributed by atoms with Crippen LogP contribution in [0.1, 0.15) is 35.7 Å². The summed E-state index contributed by atoms with van der Waals surface area (Å²) in [7, 11) is 0. The number of hydrogen-bond acceptors (Lipinski definition) is 2. The minimum atomic E-state index is 0.384. The molecule has 134 valence electrons. The molecule has 0 radical (unpaired) electrons. The number of para-hydroxylation sites is 2. The fourth-order valence-electron chi connectivity index (χ4n) is 3.63. The van der Waals surface area contributed by atoms with Gasteiger partial charge in [0, 0.05) is 24.7 Å². The second kappa shape index (κ2) is 7.08. The predicted molar refractivity (Wildman–Crippen MR) is 112 cm³/mol. The first kappa shape index (κ1) is 17.0. The molecule has 2 heterocycles. The summed E-state index contributed by atoms with van der Waals surface area (Å²) in [6, 6.07) is 14.5. The zero-order valence-corrected chi connectivity index (χ0v) is 16.1. The highest BCUT2D eigenvalue weighted by atomic mass is 32.1. The van der Waals surface area contributed by atoms with E-state index >= 15 is 0 Å². The molecule has 2 aromatic carbocycles. The second-order valence-corrected chi connectivity index (χ2v) is 7.49. The van der Waals surface area contributed by atoms with Crippen molar-refractivity contribution >= 4 is 34.1 Å². The van der Waals surface area contributed by atoms with E-state index in [9.17, 15) is 0 Å². The van der Waals surface area contributed by atoms with Crippen molar-refractivity contribution in [1.82, 2.24) is 14.9 Å². The van der Waals surface area contributed by atoms with E-state index in [-0.39, 0.29) is 0 Å². The van der Waals surface area contributed by atoms with Crippen LogP contribution < -0.4 is 5.32 Å². The van der Waals surface area contributed by atoms with Crippen LogP contribution in [0.15, 0.2) is 42.5 Å². The minimum Gasteiger partial charge on any atom is -0.348 e. The van der Waals surface area contributed by atoms with Crippen LogP contribution in [-0.4, -0.2) is 33.1 Å². The number of nitrogens with zero attached hydrogens (tertiary/aromatic N) is 2. The lowest BCUT2D eigenvalue weighted by Gasteiger charge is -2.34. The Morgan fingerprint density at radius 2 is 2.04 bits per heavy atom. The van der Waals surface area contributed by atoms with Crippen LogP contribution in [0.2, 0.25) is 0 Å². The van der Waals surface area contributed by atoms with Crippen molar-refractivity contribution in [3.63, 3.8) is 0 Å². The largest absolute Gasteiger partial charge is 0.348 e. The molecule has 1 fully saturated rings. The van der Waals surface area contributed by atoms with Crippen LogP contribution in [-0.2, 0) is 0 Å². The van der Waals surface area contributed by atoms with Gasteiger partial charge in [-0.3, -0.25) is 0 Å². The lowest BCUT2D eigenvalue weighted by molar-refractivity contribution is 0.307. The lowest BCUT2D eigenvalue weighted by atomic mass is 9.98. The normalized spacial score (nSPS) is 17.5. The quantitative estimate of drug-likeness (QED) is 0.644. The number of nitrogens with one attached hydrogen (secondary N) is 2. The van der Waals surface area contributed by atoms with Crippen molar-refractivity contribution in [3.05, 3.63) is 59.4 Å². The summed E-state index contributed by atoms with van der Waals surface area (Å²) >= 11 is 5.71. The number of aryl methyl sites for hydroxylation is 1. The van der Waals surface area contributed by atoms with Gasteiger partial charge >= 0.3 is 0 Å². The van der Waals surface area contributed by atoms with E-state index in [0.717, 1.165) is 53.6 Å². The van der Waals surface area contributed by atoms with E-state index in [1.807, 2.05) is 12.1 Å². The van der Waals surface area contributed by atoms with Crippen molar-refractivity contribution in [3.8, 4) is 0 Å². The van der Waals surface area contributed by atoms with Crippen LogP contribution in [0.4, 0.5) is 5.69 Å². The van der Waals surface area contributed by atoms with Crippen molar-refractivity contribution < 1.29 is 0 Å². The zero-order valence-electron chi connectivity index (χ0n) is 15.2. The zero-order chi connectivity index (χ0) is 18.1. The maximum atomic E-state index is 5.71. The van der Waals surface area contributed by atoms with Gasteiger partial charge in [0.2, 0.25) is 0 Å². The molecule has 0 amide bonds. The highest BCUT2D eigenvalue weighted by Gasteiger charge is 2.25. The smallest absolute Gasteiger partial charge is 0.173 e. The van der Waals surface area contributed by atoms with Gasteiger partial charge in [-0.15, -0.1) is 0 Å². The van der Waals surface area contributed by atoms with Crippen molar-refractivity contribution in [1.29, 1.82) is 0 Å². The number of aromatic nitrogens is 2. The molecule has 0 bridgehead atoms. The molecule has 4 rings (SSSR count). The summed E-state index contributed by atoms with van der Waals surface area (Å²) < 4.78 is 0. The number of benzene rings is 2. The summed E-state index contributed by atoms with van der Waals surface area (Å²) in [5, 5.41) is 4.25. The highest BCUT2D eigenvalue weighted by Crippen LogP contribution is 2.27. The Balaban J connectivity index is 1.49. The SMILES string of the molecule is Cc1cccc(NC(=S)N2CCC[C@H](c3nc4ccccc4[nH]3)C2)c1C. The first-order valence-corrected chi connectivity index (χ1v) is 9.59. The first-order chi connectivity index (χ1) is 12.6. The number of H-pyrrole nitrogens is 1. The molecule has 1 atom stereocenters. The molecule has 3 aromatic rings. The Labute approximate surface area is 159 Å². The Morgan fingerprint density at radius 1 is 1.19 bits per heavy atom. The van der Waals surface area contributed by atoms with Crippen LogP contribution in [0.25, 0.3) is 11.0 Å².